The van der Waals surface area contributed by atoms with E-state index in [4.69, 9.17) is 20.4 Å². The van der Waals surface area contributed by atoms with Crippen molar-refractivity contribution in [2.45, 2.75) is 32.7 Å². The van der Waals surface area contributed by atoms with E-state index in [9.17, 15) is 0 Å². The third-order valence-corrected chi connectivity index (χ3v) is 4.94. The van der Waals surface area contributed by atoms with Gasteiger partial charge >= 0.3 is 0 Å². The van der Waals surface area contributed by atoms with Gasteiger partial charge in [0.05, 0.1) is 6.61 Å². The van der Waals surface area contributed by atoms with Crippen LogP contribution in [0.15, 0.2) is 40.9 Å². The van der Waals surface area contributed by atoms with Gasteiger partial charge in [0.1, 0.15) is 11.8 Å². The van der Waals surface area contributed by atoms with Gasteiger partial charge in [-0.2, -0.15) is 4.98 Å². The van der Waals surface area contributed by atoms with Crippen LogP contribution in [0, 0.1) is 11.3 Å². The molecule has 1 saturated heterocycles. The van der Waals surface area contributed by atoms with Crippen LogP contribution in [0.1, 0.15) is 38.6 Å². The Labute approximate surface area is 164 Å². The van der Waals surface area contributed by atoms with Gasteiger partial charge in [0.25, 0.3) is 0 Å². The van der Waals surface area contributed by atoms with Crippen molar-refractivity contribution in [3.05, 3.63) is 42.3 Å². The summed E-state index contributed by atoms with van der Waals surface area (Å²) in [6, 6.07) is 12.0. The maximum atomic E-state index is 7.71. The fourth-order valence-electron chi connectivity index (χ4n) is 3.52. The minimum atomic E-state index is -0.111. The van der Waals surface area contributed by atoms with E-state index in [0.29, 0.717) is 24.2 Å². The fraction of sp³-hybridized carbons (Fsp3) is 0.381. The van der Waals surface area contributed by atoms with E-state index in [1.807, 2.05) is 36.4 Å². The van der Waals surface area contributed by atoms with E-state index in [-0.39, 0.29) is 12.0 Å². The number of benzene rings is 2. The largest absolute Gasteiger partial charge is 0.493 e. The minimum absolute atomic E-state index is 0.0449. The van der Waals surface area contributed by atoms with Crippen molar-refractivity contribution in [3.8, 4) is 17.1 Å². The summed E-state index contributed by atoms with van der Waals surface area (Å²) < 4.78 is 11.3. The zero-order valence-electron chi connectivity index (χ0n) is 16.2. The molecule has 1 atom stereocenters. The van der Waals surface area contributed by atoms with Crippen LogP contribution in [0.4, 0.5) is 0 Å². The molecule has 146 valence electrons. The normalized spacial score (nSPS) is 16.8. The van der Waals surface area contributed by atoms with Gasteiger partial charge in [-0.05, 0) is 47.7 Å². The molecule has 0 saturated carbocycles. The van der Waals surface area contributed by atoms with Gasteiger partial charge in [0.2, 0.25) is 11.7 Å². The van der Waals surface area contributed by atoms with Crippen molar-refractivity contribution in [2.24, 2.45) is 11.7 Å². The smallest absolute Gasteiger partial charge is 0.249 e. The van der Waals surface area contributed by atoms with Crippen molar-refractivity contribution in [1.82, 2.24) is 15.0 Å². The standard InChI is InChI=1S/C21H25N5O2/c1-13(2)12-27-17-8-7-14-10-16(6-5-15(14)11-17)19-24-20(28-25-19)18-4-3-9-26(18)21(22)23/h5-8,10-11,13,18H,3-4,9,12H2,1-2H3,(H3,22,23). The first-order valence-electron chi connectivity index (χ1n) is 9.62. The lowest BCUT2D eigenvalue weighted by atomic mass is 10.1. The molecule has 28 heavy (non-hydrogen) atoms. The number of aromatic nitrogens is 2. The molecule has 1 aromatic heterocycles. The summed E-state index contributed by atoms with van der Waals surface area (Å²) in [5.41, 5.74) is 6.56. The number of hydrogen-bond acceptors (Lipinski definition) is 5. The van der Waals surface area contributed by atoms with Crippen molar-refractivity contribution < 1.29 is 9.26 Å². The molecule has 0 bridgehead atoms. The number of guanidine groups is 1. The van der Waals surface area contributed by atoms with Gasteiger partial charge in [-0.15, -0.1) is 0 Å². The Morgan fingerprint density at radius 2 is 2.07 bits per heavy atom. The minimum Gasteiger partial charge on any atom is -0.493 e. The van der Waals surface area contributed by atoms with Crippen molar-refractivity contribution >= 4 is 16.7 Å². The van der Waals surface area contributed by atoms with Gasteiger partial charge < -0.3 is 19.9 Å². The van der Waals surface area contributed by atoms with Gasteiger partial charge in [-0.25, -0.2) is 0 Å². The first-order valence-corrected chi connectivity index (χ1v) is 9.62. The maximum absolute atomic E-state index is 7.71. The highest BCUT2D eigenvalue weighted by Crippen LogP contribution is 2.32. The van der Waals surface area contributed by atoms with Crippen molar-refractivity contribution in [1.29, 1.82) is 5.41 Å². The monoisotopic (exact) mass is 379 g/mol. The van der Waals surface area contributed by atoms with Crippen LogP contribution in [0.3, 0.4) is 0 Å². The molecular weight excluding hydrogens is 354 g/mol. The Bertz CT molecular complexity index is 997. The number of rotatable bonds is 5. The summed E-state index contributed by atoms with van der Waals surface area (Å²) in [4.78, 5) is 6.37. The topological polar surface area (TPSA) is 101 Å². The molecule has 0 aliphatic carbocycles. The summed E-state index contributed by atoms with van der Waals surface area (Å²) >= 11 is 0. The predicted octanol–water partition coefficient (Wildman–Crippen LogP) is 3.95. The second-order valence-electron chi connectivity index (χ2n) is 7.62. The summed E-state index contributed by atoms with van der Waals surface area (Å²) in [5.74, 6) is 2.47. The quantitative estimate of drug-likeness (QED) is 0.514. The molecule has 2 heterocycles. The molecular formula is C21H25N5O2. The molecule has 4 rings (SSSR count). The van der Waals surface area contributed by atoms with Crippen LogP contribution in [-0.2, 0) is 0 Å². The molecule has 0 spiro atoms. The second kappa shape index (κ2) is 7.50. The van der Waals surface area contributed by atoms with Crippen LogP contribution in [0.2, 0.25) is 0 Å². The highest BCUT2D eigenvalue weighted by molar-refractivity contribution is 5.87. The van der Waals surface area contributed by atoms with Gasteiger partial charge in [-0.1, -0.05) is 37.2 Å². The number of ether oxygens (including phenoxy) is 1. The fourth-order valence-corrected chi connectivity index (χ4v) is 3.52. The Balaban J connectivity index is 1.57. The van der Waals surface area contributed by atoms with Crippen LogP contribution in [0.5, 0.6) is 5.75 Å². The third kappa shape index (κ3) is 3.65. The van der Waals surface area contributed by atoms with E-state index in [0.717, 1.165) is 41.5 Å². The Morgan fingerprint density at radius 1 is 1.29 bits per heavy atom. The summed E-state index contributed by atoms with van der Waals surface area (Å²) in [6.45, 7) is 5.71. The zero-order chi connectivity index (χ0) is 19.7. The molecule has 3 N–H and O–H groups in total. The van der Waals surface area contributed by atoms with E-state index < -0.39 is 0 Å². The van der Waals surface area contributed by atoms with Gasteiger partial charge in [0, 0.05) is 12.1 Å². The molecule has 0 radical (unpaired) electrons. The first-order chi connectivity index (χ1) is 13.5. The lowest BCUT2D eigenvalue weighted by molar-refractivity contribution is 0.271. The first kappa shape index (κ1) is 18.3. The highest BCUT2D eigenvalue weighted by atomic mass is 16.5. The molecule has 0 amide bonds. The summed E-state index contributed by atoms with van der Waals surface area (Å²) in [6.07, 6.45) is 1.82. The molecule has 3 aromatic rings. The molecule has 7 heteroatoms. The van der Waals surface area contributed by atoms with Crippen molar-refractivity contribution in [3.63, 3.8) is 0 Å². The lowest BCUT2D eigenvalue weighted by Gasteiger charge is -2.21. The predicted molar refractivity (Wildman–Crippen MR) is 108 cm³/mol. The molecule has 1 fully saturated rings. The van der Waals surface area contributed by atoms with E-state index in [1.54, 1.807) is 4.90 Å². The average Bonchev–Trinajstić information content (AvgIpc) is 3.35. The summed E-state index contributed by atoms with van der Waals surface area (Å²) in [5, 5.41) is 14.0. The highest BCUT2D eigenvalue weighted by Gasteiger charge is 2.31. The van der Waals surface area contributed by atoms with Gasteiger partial charge in [0.15, 0.2) is 5.96 Å². The number of nitrogens with one attached hydrogen (secondary N) is 1. The van der Waals surface area contributed by atoms with E-state index in [1.165, 1.54) is 0 Å². The lowest BCUT2D eigenvalue weighted by Crippen LogP contribution is -2.35. The molecule has 1 unspecified atom stereocenters. The molecule has 1 aliphatic rings. The Kier molecular flexibility index (Phi) is 4.90. The van der Waals surface area contributed by atoms with Gasteiger partial charge in [-0.3, -0.25) is 5.41 Å². The van der Waals surface area contributed by atoms with Crippen molar-refractivity contribution in [2.75, 3.05) is 13.2 Å². The van der Waals surface area contributed by atoms with E-state index in [2.05, 4.69) is 24.0 Å². The summed E-state index contributed by atoms with van der Waals surface area (Å²) in [7, 11) is 0. The molecule has 2 aromatic carbocycles. The Morgan fingerprint density at radius 3 is 2.86 bits per heavy atom. The van der Waals surface area contributed by atoms with Crippen LogP contribution in [0.25, 0.3) is 22.2 Å². The molecule has 1 aliphatic heterocycles. The Hall–Kier alpha value is -3.09. The van der Waals surface area contributed by atoms with Crippen LogP contribution < -0.4 is 10.5 Å². The third-order valence-electron chi connectivity index (χ3n) is 4.94. The average molecular weight is 379 g/mol. The number of hydrogen-bond donors (Lipinski definition) is 2. The zero-order valence-corrected chi connectivity index (χ0v) is 16.2. The second-order valence-corrected chi connectivity index (χ2v) is 7.62. The maximum Gasteiger partial charge on any atom is 0.249 e. The molecule has 7 nitrogen and oxygen atoms in total. The number of nitrogens with two attached hydrogens (primary N) is 1. The number of likely N-dealkylation sites (tertiary alicyclic amines) is 1. The SMILES string of the molecule is CC(C)COc1ccc2cc(-c3noc(C4CCCN4C(=N)N)n3)ccc2c1. The van der Waals surface area contributed by atoms with Crippen LogP contribution >= 0.6 is 0 Å². The number of nitrogens with zero attached hydrogens (tertiary/aromatic N) is 3. The van der Waals surface area contributed by atoms with Crippen LogP contribution in [-0.4, -0.2) is 34.2 Å². The van der Waals surface area contributed by atoms with E-state index >= 15 is 0 Å². The number of fused-ring (bicyclic) bond motifs is 1.